The summed E-state index contributed by atoms with van der Waals surface area (Å²) in [4.78, 5) is 23.2. The number of rotatable bonds is 4. The van der Waals surface area contributed by atoms with E-state index in [0.29, 0.717) is 11.5 Å². The van der Waals surface area contributed by atoms with Crippen LogP contribution < -0.4 is 4.74 Å². The highest BCUT2D eigenvalue weighted by Gasteiger charge is 2.30. The molecule has 4 rings (SSSR count). The van der Waals surface area contributed by atoms with Gasteiger partial charge in [-0.2, -0.15) is 0 Å². The van der Waals surface area contributed by atoms with Gasteiger partial charge in [0.25, 0.3) is 0 Å². The SMILES string of the molecule is CC(C)(c1ccccc1)c1ccc(Oc2ccc3c(c2)C(=O)OC3=O)cc1. The van der Waals surface area contributed by atoms with E-state index in [4.69, 9.17) is 4.74 Å². The van der Waals surface area contributed by atoms with Gasteiger partial charge >= 0.3 is 11.9 Å². The molecular formula is C23H18O4. The van der Waals surface area contributed by atoms with Gasteiger partial charge in [-0.15, -0.1) is 0 Å². The standard InChI is InChI=1S/C23H18O4/c1-23(2,15-6-4-3-5-7-15)16-8-10-17(11-9-16)26-18-12-13-19-20(14-18)22(25)27-21(19)24/h3-14H,1-2H3. The van der Waals surface area contributed by atoms with E-state index >= 15 is 0 Å². The Labute approximate surface area is 157 Å². The third kappa shape index (κ3) is 3.10. The number of ether oxygens (including phenoxy) is 2. The van der Waals surface area contributed by atoms with Gasteiger partial charge in [0.05, 0.1) is 11.1 Å². The van der Waals surface area contributed by atoms with E-state index in [0.717, 1.165) is 0 Å². The average Bonchev–Trinajstić information content (AvgIpc) is 2.96. The van der Waals surface area contributed by atoms with Gasteiger partial charge in [0.2, 0.25) is 0 Å². The molecule has 3 aromatic carbocycles. The van der Waals surface area contributed by atoms with Gasteiger partial charge in [-0.25, -0.2) is 9.59 Å². The molecule has 1 aliphatic rings. The van der Waals surface area contributed by atoms with Crippen LogP contribution in [0.25, 0.3) is 0 Å². The topological polar surface area (TPSA) is 52.6 Å². The lowest BCUT2D eigenvalue weighted by Crippen LogP contribution is -2.18. The van der Waals surface area contributed by atoms with Crippen molar-refractivity contribution in [3.8, 4) is 11.5 Å². The van der Waals surface area contributed by atoms with Crippen molar-refractivity contribution in [2.24, 2.45) is 0 Å². The Balaban J connectivity index is 1.56. The van der Waals surface area contributed by atoms with Crippen molar-refractivity contribution in [2.45, 2.75) is 19.3 Å². The van der Waals surface area contributed by atoms with Crippen LogP contribution in [-0.2, 0) is 10.2 Å². The van der Waals surface area contributed by atoms with Gasteiger partial charge in [0, 0.05) is 5.41 Å². The molecule has 0 atom stereocenters. The minimum absolute atomic E-state index is 0.128. The maximum absolute atomic E-state index is 11.7. The van der Waals surface area contributed by atoms with Crippen molar-refractivity contribution in [1.29, 1.82) is 0 Å². The molecule has 27 heavy (non-hydrogen) atoms. The van der Waals surface area contributed by atoms with Crippen LogP contribution in [0.5, 0.6) is 11.5 Å². The predicted octanol–water partition coefficient (Wildman–Crippen LogP) is 5.12. The first kappa shape index (κ1) is 17.0. The van der Waals surface area contributed by atoms with E-state index in [2.05, 4.69) is 30.7 Å². The van der Waals surface area contributed by atoms with Crippen molar-refractivity contribution in [1.82, 2.24) is 0 Å². The van der Waals surface area contributed by atoms with E-state index in [9.17, 15) is 9.59 Å². The Morgan fingerprint density at radius 1 is 0.704 bits per heavy atom. The Morgan fingerprint density at radius 2 is 1.30 bits per heavy atom. The van der Waals surface area contributed by atoms with Crippen molar-refractivity contribution >= 4 is 11.9 Å². The normalized spacial score (nSPS) is 13.3. The summed E-state index contributed by atoms with van der Waals surface area (Å²) >= 11 is 0. The summed E-state index contributed by atoms with van der Waals surface area (Å²) in [5, 5.41) is 0. The second-order valence-electron chi connectivity index (χ2n) is 7.00. The molecule has 4 heteroatoms. The summed E-state index contributed by atoms with van der Waals surface area (Å²) in [6.45, 7) is 4.36. The molecule has 0 radical (unpaired) electrons. The van der Waals surface area contributed by atoms with Gasteiger partial charge in [-0.3, -0.25) is 0 Å². The van der Waals surface area contributed by atoms with Crippen LogP contribution in [0.15, 0.2) is 72.8 Å². The lowest BCUT2D eigenvalue weighted by molar-refractivity contribution is 0.0443. The summed E-state index contributed by atoms with van der Waals surface area (Å²) in [5.74, 6) is -0.120. The predicted molar refractivity (Wildman–Crippen MR) is 101 cm³/mol. The second kappa shape index (κ2) is 6.40. The zero-order chi connectivity index (χ0) is 19.0. The van der Waals surface area contributed by atoms with Crippen molar-refractivity contribution in [3.05, 3.63) is 95.1 Å². The number of fused-ring (bicyclic) bond motifs is 1. The number of carbonyl (C=O) groups excluding carboxylic acids is 2. The monoisotopic (exact) mass is 358 g/mol. The molecule has 0 saturated heterocycles. The number of hydrogen-bond donors (Lipinski definition) is 0. The molecule has 0 unspecified atom stereocenters. The van der Waals surface area contributed by atoms with Crippen molar-refractivity contribution < 1.29 is 19.1 Å². The van der Waals surface area contributed by atoms with Crippen molar-refractivity contribution in [2.75, 3.05) is 0 Å². The largest absolute Gasteiger partial charge is 0.457 e. The maximum atomic E-state index is 11.7. The highest BCUT2D eigenvalue weighted by molar-refractivity contribution is 6.14. The van der Waals surface area contributed by atoms with E-state index in [1.807, 2.05) is 42.5 Å². The van der Waals surface area contributed by atoms with Gasteiger partial charge < -0.3 is 9.47 Å². The van der Waals surface area contributed by atoms with Crippen LogP contribution in [-0.4, -0.2) is 11.9 Å². The minimum atomic E-state index is -0.639. The molecule has 0 aliphatic carbocycles. The first-order valence-electron chi connectivity index (χ1n) is 8.69. The van der Waals surface area contributed by atoms with E-state index in [-0.39, 0.29) is 16.5 Å². The first-order valence-corrected chi connectivity index (χ1v) is 8.69. The van der Waals surface area contributed by atoms with Crippen LogP contribution in [0.4, 0.5) is 0 Å². The molecule has 0 spiro atoms. The third-order valence-electron chi connectivity index (χ3n) is 4.92. The quantitative estimate of drug-likeness (QED) is 0.480. The summed E-state index contributed by atoms with van der Waals surface area (Å²) < 4.78 is 10.4. The molecule has 0 fully saturated rings. The van der Waals surface area contributed by atoms with Gasteiger partial charge in [0.15, 0.2) is 0 Å². The van der Waals surface area contributed by atoms with E-state index in [1.165, 1.54) is 17.2 Å². The molecule has 1 aliphatic heterocycles. The fourth-order valence-corrected chi connectivity index (χ4v) is 3.23. The van der Waals surface area contributed by atoms with Crippen LogP contribution in [0, 0.1) is 0 Å². The van der Waals surface area contributed by atoms with E-state index in [1.54, 1.807) is 12.1 Å². The average molecular weight is 358 g/mol. The van der Waals surface area contributed by atoms with Crippen LogP contribution in [0.2, 0.25) is 0 Å². The number of carbonyl (C=O) groups is 2. The van der Waals surface area contributed by atoms with Crippen LogP contribution in [0.1, 0.15) is 45.7 Å². The molecule has 0 N–H and O–H groups in total. The first-order chi connectivity index (χ1) is 12.9. The fourth-order valence-electron chi connectivity index (χ4n) is 3.23. The summed E-state index contributed by atoms with van der Waals surface area (Å²) in [6, 6.07) is 22.9. The number of hydrogen-bond acceptors (Lipinski definition) is 4. The van der Waals surface area contributed by atoms with Gasteiger partial charge in [0.1, 0.15) is 11.5 Å². The lowest BCUT2D eigenvalue weighted by Gasteiger charge is -2.26. The maximum Gasteiger partial charge on any atom is 0.347 e. The molecular weight excluding hydrogens is 340 g/mol. The zero-order valence-corrected chi connectivity index (χ0v) is 15.1. The fraction of sp³-hybridized carbons (Fsp3) is 0.130. The highest BCUT2D eigenvalue weighted by Crippen LogP contribution is 2.33. The molecule has 0 saturated carbocycles. The summed E-state index contributed by atoms with van der Waals surface area (Å²) in [6.07, 6.45) is 0. The number of cyclic esters (lactones) is 2. The molecule has 0 amide bonds. The zero-order valence-electron chi connectivity index (χ0n) is 15.1. The minimum Gasteiger partial charge on any atom is -0.457 e. The van der Waals surface area contributed by atoms with Crippen molar-refractivity contribution in [3.63, 3.8) is 0 Å². The molecule has 3 aromatic rings. The lowest BCUT2D eigenvalue weighted by atomic mass is 9.78. The molecule has 134 valence electrons. The molecule has 4 nitrogen and oxygen atoms in total. The van der Waals surface area contributed by atoms with Gasteiger partial charge in [-0.1, -0.05) is 56.3 Å². The smallest absolute Gasteiger partial charge is 0.347 e. The second-order valence-corrected chi connectivity index (χ2v) is 7.00. The molecule has 0 bridgehead atoms. The Morgan fingerprint density at radius 3 is 2.00 bits per heavy atom. The number of benzene rings is 3. The summed E-state index contributed by atoms with van der Waals surface area (Å²) in [5.41, 5.74) is 2.79. The Kier molecular flexibility index (Phi) is 4.04. The summed E-state index contributed by atoms with van der Waals surface area (Å²) in [7, 11) is 0. The Hall–Kier alpha value is -3.40. The molecule has 0 aromatic heterocycles. The highest BCUT2D eigenvalue weighted by atomic mass is 16.6. The number of esters is 2. The van der Waals surface area contributed by atoms with Crippen LogP contribution >= 0.6 is 0 Å². The van der Waals surface area contributed by atoms with Gasteiger partial charge in [-0.05, 0) is 41.5 Å². The third-order valence-corrected chi connectivity index (χ3v) is 4.92. The van der Waals surface area contributed by atoms with E-state index < -0.39 is 11.9 Å². The van der Waals surface area contributed by atoms with Crippen LogP contribution in [0.3, 0.4) is 0 Å². The molecule has 1 heterocycles. The Bertz CT molecular complexity index is 1020.